The summed E-state index contributed by atoms with van der Waals surface area (Å²) in [5.74, 6) is -0.218. The van der Waals surface area contributed by atoms with Gasteiger partial charge in [0.25, 0.3) is 0 Å². The second kappa shape index (κ2) is 7.40. The van der Waals surface area contributed by atoms with Gasteiger partial charge in [-0.05, 0) is 38.1 Å². The monoisotopic (exact) mass is 385 g/mol. The fourth-order valence-corrected chi connectivity index (χ4v) is 4.42. The highest BCUT2D eigenvalue weighted by Gasteiger charge is 2.21. The van der Waals surface area contributed by atoms with Crippen LogP contribution >= 0.6 is 11.3 Å². The molecule has 142 valence electrons. The average molecular weight is 386 g/mol. The summed E-state index contributed by atoms with van der Waals surface area (Å²) in [4.78, 5) is 9.60. The predicted molar refractivity (Wildman–Crippen MR) is 108 cm³/mol. The number of anilines is 1. The molecule has 0 radical (unpaired) electrons. The van der Waals surface area contributed by atoms with E-state index in [1.807, 2.05) is 11.7 Å². The molecule has 1 aliphatic heterocycles. The molecule has 3 aromatic rings. The lowest BCUT2D eigenvalue weighted by molar-refractivity contribution is 0.249. The van der Waals surface area contributed by atoms with Crippen molar-refractivity contribution in [3.63, 3.8) is 0 Å². The van der Waals surface area contributed by atoms with Gasteiger partial charge < -0.3 is 4.90 Å². The molecule has 1 saturated heterocycles. The van der Waals surface area contributed by atoms with Gasteiger partial charge in [-0.25, -0.2) is 9.37 Å². The zero-order chi connectivity index (χ0) is 19.0. The Morgan fingerprint density at radius 1 is 1.07 bits per heavy atom. The number of thiazole rings is 1. The Morgan fingerprint density at radius 2 is 1.78 bits per heavy atom. The number of nitrogens with zero attached hydrogens (tertiary/aromatic N) is 5. The van der Waals surface area contributed by atoms with Crippen molar-refractivity contribution >= 4 is 16.5 Å². The maximum atomic E-state index is 13.1. The molecular weight excluding hydrogens is 361 g/mol. The molecule has 1 aromatic carbocycles. The van der Waals surface area contributed by atoms with Crippen molar-refractivity contribution in [1.82, 2.24) is 19.7 Å². The lowest BCUT2D eigenvalue weighted by Gasteiger charge is -2.34. The third-order valence-corrected chi connectivity index (χ3v) is 6.22. The Kier molecular flexibility index (Phi) is 4.97. The maximum absolute atomic E-state index is 13.1. The number of aryl methyl sites for hydroxylation is 2. The molecule has 3 heterocycles. The largest absolute Gasteiger partial charge is 0.346 e. The van der Waals surface area contributed by atoms with Crippen LogP contribution in [0, 0.1) is 19.7 Å². The summed E-state index contributed by atoms with van der Waals surface area (Å²) < 4.78 is 15.1. The molecule has 0 unspecified atom stereocenters. The zero-order valence-electron chi connectivity index (χ0n) is 15.9. The molecular formula is C20H24FN5S. The Bertz CT molecular complexity index is 923. The lowest BCUT2D eigenvalue weighted by Crippen LogP contribution is -2.46. The number of piperazine rings is 1. The molecule has 0 atom stereocenters. The normalized spacial score (nSPS) is 15.5. The van der Waals surface area contributed by atoms with Gasteiger partial charge in [-0.3, -0.25) is 9.58 Å². The topological polar surface area (TPSA) is 37.2 Å². The lowest BCUT2D eigenvalue weighted by atomic mass is 10.1. The molecule has 0 amide bonds. The van der Waals surface area contributed by atoms with E-state index in [4.69, 9.17) is 4.98 Å². The first kappa shape index (κ1) is 18.1. The number of aromatic nitrogens is 3. The first-order valence-corrected chi connectivity index (χ1v) is 10.1. The van der Waals surface area contributed by atoms with Crippen molar-refractivity contribution in [3.8, 4) is 11.3 Å². The summed E-state index contributed by atoms with van der Waals surface area (Å²) in [6, 6.07) is 6.53. The van der Waals surface area contributed by atoms with E-state index in [0.29, 0.717) is 0 Å². The molecule has 1 aliphatic rings. The van der Waals surface area contributed by atoms with Crippen LogP contribution in [-0.4, -0.2) is 45.8 Å². The van der Waals surface area contributed by atoms with Crippen molar-refractivity contribution in [3.05, 3.63) is 52.4 Å². The van der Waals surface area contributed by atoms with Crippen LogP contribution in [0.1, 0.15) is 17.0 Å². The molecule has 0 bridgehead atoms. The number of hydrogen-bond donors (Lipinski definition) is 0. The van der Waals surface area contributed by atoms with Gasteiger partial charge in [0.15, 0.2) is 5.13 Å². The molecule has 27 heavy (non-hydrogen) atoms. The Hall–Kier alpha value is -2.25. The number of hydrogen-bond acceptors (Lipinski definition) is 5. The number of rotatable bonds is 4. The predicted octanol–water partition coefficient (Wildman–Crippen LogP) is 3.62. The van der Waals surface area contributed by atoms with Crippen LogP contribution in [0.25, 0.3) is 11.3 Å². The first-order valence-electron chi connectivity index (χ1n) is 9.19. The molecule has 2 aromatic heterocycles. The third-order valence-electron chi connectivity index (χ3n) is 5.32. The minimum absolute atomic E-state index is 0.218. The van der Waals surface area contributed by atoms with Crippen molar-refractivity contribution < 1.29 is 4.39 Å². The Morgan fingerprint density at radius 3 is 2.41 bits per heavy atom. The van der Waals surface area contributed by atoms with Gasteiger partial charge in [-0.2, -0.15) is 5.10 Å². The van der Waals surface area contributed by atoms with Gasteiger partial charge in [0.2, 0.25) is 0 Å². The van der Waals surface area contributed by atoms with E-state index in [1.54, 1.807) is 23.5 Å². The van der Waals surface area contributed by atoms with Crippen LogP contribution in [0.15, 0.2) is 29.6 Å². The number of halogens is 1. The fraction of sp³-hybridized carbons (Fsp3) is 0.400. The highest BCUT2D eigenvalue weighted by molar-refractivity contribution is 7.14. The third kappa shape index (κ3) is 3.75. The highest BCUT2D eigenvalue weighted by Crippen LogP contribution is 2.28. The molecule has 5 nitrogen and oxygen atoms in total. The highest BCUT2D eigenvalue weighted by atomic mass is 32.1. The Balaban J connectivity index is 1.39. The molecule has 0 aliphatic carbocycles. The van der Waals surface area contributed by atoms with E-state index in [2.05, 4.69) is 34.1 Å². The Labute approximate surface area is 163 Å². The maximum Gasteiger partial charge on any atom is 0.185 e. The van der Waals surface area contributed by atoms with Gasteiger partial charge in [0, 0.05) is 62.0 Å². The summed E-state index contributed by atoms with van der Waals surface area (Å²) in [6.07, 6.45) is 0. The molecule has 1 fully saturated rings. The number of benzene rings is 1. The second-order valence-corrected chi connectivity index (χ2v) is 7.89. The quantitative estimate of drug-likeness (QED) is 0.687. The van der Waals surface area contributed by atoms with E-state index in [1.165, 1.54) is 23.4 Å². The molecule has 0 saturated carbocycles. The molecule has 4 rings (SSSR count). The second-order valence-electron chi connectivity index (χ2n) is 7.06. The first-order chi connectivity index (χ1) is 13.0. The van der Waals surface area contributed by atoms with Gasteiger partial charge >= 0.3 is 0 Å². The van der Waals surface area contributed by atoms with Crippen LogP contribution in [0.5, 0.6) is 0 Å². The van der Waals surface area contributed by atoms with Gasteiger partial charge in [-0.1, -0.05) is 0 Å². The van der Waals surface area contributed by atoms with E-state index < -0.39 is 0 Å². The van der Waals surface area contributed by atoms with Crippen molar-refractivity contribution in [2.45, 2.75) is 20.4 Å². The minimum atomic E-state index is -0.218. The zero-order valence-corrected chi connectivity index (χ0v) is 16.8. The van der Waals surface area contributed by atoms with Crippen LogP contribution < -0.4 is 4.90 Å². The summed E-state index contributed by atoms with van der Waals surface area (Å²) >= 11 is 1.66. The van der Waals surface area contributed by atoms with Crippen molar-refractivity contribution in [2.24, 2.45) is 7.05 Å². The van der Waals surface area contributed by atoms with E-state index in [0.717, 1.165) is 54.8 Å². The standard InChI is InChI=1S/C20H24FN5S/c1-14-18(15(2)24(3)23-14)12-25-8-10-26(11-9-25)20-22-19(13-27-20)16-4-6-17(21)7-5-16/h4-7,13H,8-12H2,1-3H3. The van der Waals surface area contributed by atoms with Gasteiger partial charge in [0.05, 0.1) is 11.4 Å². The summed E-state index contributed by atoms with van der Waals surface area (Å²) in [7, 11) is 2.00. The van der Waals surface area contributed by atoms with E-state index >= 15 is 0 Å². The van der Waals surface area contributed by atoms with E-state index in [9.17, 15) is 4.39 Å². The molecule has 7 heteroatoms. The van der Waals surface area contributed by atoms with E-state index in [-0.39, 0.29) is 5.82 Å². The average Bonchev–Trinajstić information content (AvgIpc) is 3.24. The minimum Gasteiger partial charge on any atom is -0.346 e. The molecule has 0 spiro atoms. The SMILES string of the molecule is Cc1nn(C)c(C)c1CN1CCN(c2nc(-c3ccc(F)cc3)cs2)CC1. The van der Waals surface area contributed by atoms with Crippen molar-refractivity contribution in [1.29, 1.82) is 0 Å². The van der Waals surface area contributed by atoms with Crippen molar-refractivity contribution in [2.75, 3.05) is 31.1 Å². The smallest absolute Gasteiger partial charge is 0.185 e. The van der Waals surface area contributed by atoms with Crippen LogP contribution in [0.3, 0.4) is 0 Å². The molecule has 0 N–H and O–H groups in total. The van der Waals surface area contributed by atoms with Crippen LogP contribution in [0.2, 0.25) is 0 Å². The van der Waals surface area contributed by atoms with Gasteiger partial charge in [-0.15, -0.1) is 11.3 Å². The summed E-state index contributed by atoms with van der Waals surface area (Å²) in [5.41, 5.74) is 5.60. The van der Waals surface area contributed by atoms with Crippen LogP contribution in [-0.2, 0) is 13.6 Å². The summed E-state index contributed by atoms with van der Waals surface area (Å²) in [6.45, 7) is 9.14. The van der Waals surface area contributed by atoms with Crippen LogP contribution in [0.4, 0.5) is 9.52 Å². The fourth-order valence-electron chi connectivity index (χ4n) is 3.53. The van der Waals surface area contributed by atoms with Gasteiger partial charge in [0.1, 0.15) is 5.82 Å². The summed E-state index contributed by atoms with van der Waals surface area (Å²) in [5, 5.41) is 7.62.